The monoisotopic (exact) mass is 277 g/mol. The van der Waals surface area contributed by atoms with Crippen LogP contribution in [-0.4, -0.2) is 33.6 Å². The molecule has 1 unspecified atom stereocenters. The van der Waals surface area contributed by atoms with Gasteiger partial charge in [0.15, 0.2) is 5.17 Å². The number of rotatable bonds is 4. The Hall–Kier alpha value is -2.15. The highest BCUT2D eigenvalue weighted by Gasteiger charge is 2.32. The molecular weight excluding hydrogens is 266 g/mol. The lowest BCUT2D eigenvalue weighted by Gasteiger charge is -1.97. The first-order chi connectivity index (χ1) is 9.15. The average molecular weight is 277 g/mol. The number of amidine groups is 1. The van der Waals surface area contributed by atoms with E-state index in [1.54, 1.807) is 6.21 Å². The summed E-state index contributed by atoms with van der Waals surface area (Å²) in [7, 11) is 0. The van der Waals surface area contributed by atoms with Crippen LogP contribution in [0.2, 0.25) is 0 Å². The zero-order valence-electron chi connectivity index (χ0n) is 9.81. The Morgan fingerprint density at radius 3 is 2.84 bits per heavy atom. The zero-order chi connectivity index (χ0) is 13.7. The Morgan fingerprint density at radius 1 is 1.42 bits per heavy atom. The van der Waals surface area contributed by atoms with Gasteiger partial charge in [0.2, 0.25) is 5.91 Å². The molecule has 1 saturated heterocycles. The average Bonchev–Trinajstić information content (AvgIpc) is 2.70. The molecule has 2 N–H and O–H groups in total. The molecule has 0 aromatic heterocycles. The van der Waals surface area contributed by atoms with Crippen molar-refractivity contribution >= 4 is 35.0 Å². The Labute approximate surface area is 113 Å². The van der Waals surface area contributed by atoms with Crippen molar-refractivity contribution in [3.8, 4) is 0 Å². The first kappa shape index (κ1) is 13.3. The van der Waals surface area contributed by atoms with Gasteiger partial charge in [-0.25, -0.2) is 0 Å². The van der Waals surface area contributed by atoms with E-state index >= 15 is 0 Å². The number of carbonyl (C=O) groups excluding carboxylic acids is 1. The molecule has 0 bridgehead atoms. The van der Waals surface area contributed by atoms with E-state index in [2.05, 4.69) is 15.5 Å². The van der Waals surface area contributed by atoms with Crippen LogP contribution in [0.25, 0.3) is 0 Å². The van der Waals surface area contributed by atoms with Crippen LogP contribution in [0.1, 0.15) is 12.0 Å². The van der Waals surface area contributed by atoms with Gasteiger partial charge >= 0.3 is 5.97 Å². The number of hydrogen-bond donors (Lipinski definition) is 2. The SMILES string of the molecule is O=C(O)CC1SC(=NN=Cc2ccccc2)NC1=O. The standard InChI is InChI=1S/C12H11N3O3S/c16-10(17)6-9-11(18)14-12(19-9)15-13-7-8-4-2-1-3-5-8/h1-5,7,9H,6H2,(H,16,17)(H,14,15,18). The second kappa shape index (κ2) is 6.14. The van der Waals surface area contributed by atoms with Crippen molar-refractivity contribution in [2.24, 2.45) is 10.2 Å². The van der Waals surface area contributed by atoms with E-state index in [0.717, 1.165) is 17.3 Å². The number of aliphatic carboxylic acids is 1. The van der Waals surface area contributed by atoms with Crippen molar-refractivity contribution < 1.29 is 14.7 Å². The quantitative estimate of drug-likeness (QED) is 0.636. The van der Waals surface area contributed by atoms with Crippen LogP contribution in [0.15, 0.2) is 40.5 Å². The lowest BCUT2D eigenvalue weighted by Crippen LogP contribution is -2.26. The molecule has 0 radical (unpaired) electrons. The van der Waals surface area contributed by atoms with E-state index < -0.39 is 11.2 Å². The number of nitrogens with zero attached hydrogens (tertiary/aromatic N) is 2. The highest BCUT2D eigenvalue weighted by atomic mass is 32.2. The van der Waals surface area contributed by atoms with Gasteiger partial charge in [0.05, 0.1) is 12.6 Å². The van der Waals surface area contributed by atoms with E-state index in [4.69, 9.17) is 5.11 Å². The maximum absolute atomic E-state index is 11.4. The van der Waals surface area contributed by atoms with Gasteiger partial charge in [-0.05, 0) is 5.56 Å². The molecular formula is C12H11N3O3S. The van der Waals surface area contributed by atoms with Gasteiger partial charge in [0, 0.05) is 0 Å². The molecule has 19 heavy (non-hydrogen) atoms. The fourth-order valence-corrected chi connectivity index (χ4v) is 2.35. The normalized spacial score (nSPS) is 20.9. The summed E-state index contributed by atoms with van der Waals surface area (Å²) in [4.78, 5) is 22.0. The molecule has 0 spiro atoms. The van der Waals surface area contributed by atoms with Crippen molar-refractivity contribution in [2.45, 2.75) is 11.7 Å². The van der Waals surface area contributed by atoms with Gasteiger partial charge in [0.25, 0.3) is 0 Å². The molecule has 1 heterocycles. The number of nitrogens with one attached hydrogen (secondary N) is 1. The largest absolute Gasteiger partial charge is 0.481 e. The Balaban J connectivity index is 1.96. The van der Waals surface area contributed by atoms with Gasteiger partial charge < -0.3 is 10.4 Å². The third-order valence-corrected chi connectivity index (χ3v) is 3.36. The fraction of sp³-hybridized carbons (Fsp3) is 0.167. The highest BCUT2D eigenvalue weighted by Crippen LogP contribution is 2.22. The maximum Gasteiger partial charge on any atom is 0.305 e. The lowest BCUT2D eigenvalue weighted by molar-refractivity contribution is -0.138. The molecule has 1 amide bonds. The van der Waals surface area contributed by atoms with Gasteiger partial charge in [-0.2, -0.15) is 5.10 Å². The molecule has 98 valence electrons. The number of benzene rings is 1. The van der Waals surface area contributed by atoms with Gasteiger partial charge in [-0.3, -0.25) is 9.59 Å². The molecule has 1 aliphatic rings. The fourth-order valence-electron chi connectivity index (χ4n) is 1.43. The van der Waals surface area contributed by atoms with Crippen molar-refractivity contribution in [1.29, 1.82) is 0 Å². The zero-order valence-corrected chi connectivity index (χ0v) is 10.6. The van der Waals surface area contributed by atoms with Crippen LogP contribution in [0.4, 0.5) is 0 Å². The van der Waals surface area contributed by atoms with Crippen molar-refractivity contribution in [3.05, 3.63) is 35.9 Å². The molecule has 1 aromatic carbocycles. The first-order valence-corrected chi connectivity index (χ1v) is 6.38. The Morgan fingerprint density at radius 2 is 2.16 bits per heavy atom. The van der Waals surface area contributed by atoms with E-state index in [-0.39, 0.29) is 12.3 Å². The van der Waals surface area contributed by atoms with E-state index in [9.17, 15) is 9.59 Å². The first-order valence-electron chi connectivity index (χ1n) is 5.50. The molecule has 1 aromatic rings. The van der Waals surface area contributed by atoms with Crippen LogP contribution in [0.5, 0.6) is 0 Å². The maximum atomic E-state index is 11.4. The molecule has 2 rings (SSSR count). The number of carboxylic acids is 1. The summed E-state index contributed by atoms with van der Waals surface area (Å²) < 4.78 is 0. The van der Waals surface area contributed by atoms with E-state index in [0.29, 0.717) is 5.17 Å². The van der Waals surface area contributed by atoms with Gasteiger partial charge in [-0.1, -0.05) is 42.1 Å². The summed E-state index contributed by atoms with van der Waals surface area (Å²) in [5.41, 5.74) is 0.892. The predicted molar refractivity (Wildman–Crippen MR) is 73.2 cm³/mol. The van der Waals surface area contributed by atoms with E-state index in [1.165, 1.54) is 0 Å². The Kier molecular flexibility index (Phi) is 4.30. The van der Waals surface area contributed by atoms with Crippen molar-refractivity contribution in [3.63, 3.8) is 0 Å². The summed E-state index contributed by atoms with van der Waals surface area (Å²) in [6.07, 6.45) is 1.34. The summed E-state index contributed by atoms with van der Waals surface area (Å²) in [5.74, 6) is -1.36. The smallest absolute Gasteiger partial charge is 0.305 e. The summed E-state index contributed by atoms with van der Waals surface area (Å²) in [5, 5.41) is 18.5. The minimum atomic E-state index is -1.01. The third kappa shape index (κ3) is 3.92. The molecule has 0 saturated carbocycles. The summed E-state index contributed by atoms with van der Waals surface area (Å²) in [6.45, 7) is 0. The number of thioether (sulfide) groups is 1. The number of amides is 1. The van der Waals surface area contributed by atoms with Crippen LogP contribution >= 0.6 is 11.8 Å². The molecule has 7 heteroatoms. The minimum absolute atomic E-state index is 0.224. The highest BCUT2D eigenvalue weighted by molar-refractivity contribution is 8.15. The predicted octanol–water partition coefficient (Wildman–Crippen LogP) is 1.08. The van der Waals surface area contributed by atoms with E-state index in [1.807, 2.05) is 30.3 Å². The second-order valence-electron chi connectivity index (χ2n) is 3.75. The third-order valence-electron chi connectivity index (χ3n) is 2.29. The van der Waals surface area contributed by atoms with Crippen LogP contribution in [0.3, 0.4) is 0 Å². The lowest BCUT2D eigenvalue weighted by atomic mass is 10.2. The van der Waals surface area contributed by atoms with Gasteiger partial charge in [-0.15, -0.1) is 5.10 Å². The molecule has 0 aliphatic carbocycles. The molecule has 1 atom stereocenters. The van der Waals surface area contributed by atoms with Crippen LogP contribution in [-0.2, 0) is 9.59 Å². The van der Waals surface area contributed by atoms with Crippen LogP contribution < -0.4 is 5.32 Å². The Bertz CT molecular complexity index is 542. The second-order valence-corrected chi connectivity index (χ2v) is 4.95. The number of carboxylic acid groups (broad SMARTS) is 1. The topological polar surface area (TPSA) is 91.1 Å². The summed E-state index contributed by atoms with van der Waals surface area (Å²) >= 11 is 1.08. The van der Waals surface area contributed by atoms with Gasteiger partial charge in [0.1, 0.15) is 5.25 Å². The van der Waals surface area contributed by atoms with Crippen molar-refractivity contribution in [1.82, 2.24) is 5.32 Å². The molecule has 1 fully saturated rings. The molecule has 1 aliphatic heterocycles. The summed E-state index contributed by atoms with van der Waals surface area (Å²) in [6, 6.07) is 9.40. The molecule has 6 nitrogen and oxygen atoms in total. The van der Waals surface area contributed by atoms with Crippen LogP contribution in [0, 0.1) is 0 Å². The van der Waals surface area contributed by atoms with Crippen molar-refractivity contribution in [2.75, 3.05) is 0 Å². The minimum Gasteiger partial charge on any atom is -0.481 e. The number of hydrogen-bond acceptors (Lipinski definition) is 5. The number of carbonyl (C=O) groups is 2.